The van der Waals surface area contributed by atoms with E-state index in [1.165, 1.54) is 5.56 Å². The van der Waals surface area contributed by atoms with Crippen LogP contribution in [-0.2, 0) is 0 Å². The lowest BCUT2D eigenvalue weighted by Crippen LogP contribution is -2.12. The molecule has 0 fully saturated rings. The molecule has 0 unspecified atom stereocenters. The summed E-state index contributed by atoms with van der Waals surface area (Å²) in [7, 11) is 0. The summed E-state index contributed by atoms with van der Waals surface area (Å²) >= 11 is 0. The summed E-state index contributed by atoms with van der Waals surface area (Å²) in [6, 6.07) is 53.0. The number of hydrogen-bond acceptors (Lipinski definition) is 3. The van der Waals surface area contributed by atoms with Gasteiger partial charge in [0.1, 0.15) is 5.58 Å². The number of furan rings is 1. The van der Waals surface area contributed by atoms with E-state index in [0.717, 1.165) is 56.1 Å². The number of para-hydroxylation sites is 4. The van der Waals surface area contributed by atoms with E-state index in [-0.39, 0.29) is 0 Å². The van der Waals surface area contributed by atoms with Gasteiger partial charge in [-0.25, -0.2) is 0 Å². The van der Waals surface area contributed by atoms with E-state index >= 15 is 0 Å². The van der Waals surface area contributed by atoms with E-state index in [1.54, 1.807) is 0 Å². The van der Waals surface area contributed by atoms with Crippen molar-refractivity contribution < 1.29 is 4.42 Å². The van der Waals surface area contributed by atoms with Crippen LogP contribution < -0.4 is 9.80 Å². The minimum Gasteiger partial charge on any atom is -0.454 e. The molecule has 0 aliphatic rings. The van der Waals surface area contributed by atoms with Gasteiger partial charge in [0.15, 0.2) is 5.58 Å². The number of fused-ring (bicyclic) bond motifs is 3. The van der Waals surface area contributed by atoms with Crippen LogP contribution in [0.4, 0.5) is 34.1 Å². The lowest BCUT2D eigenvalue weighted by molar-refractivity contribution is 0.669. The highest BCUT2D eigenvalue weighted by molar-refractivity contribution is 6.10. The topological polar surface area (TPSA) is 19.6 Å². The van der Waals surface area contributed by atoms with Gasteiger partial charge in [-0.05, 0) is 79.7 Å². The molecule has 0 aliphatic carbocycles. The highest BCUT2D eigenvalue weighted by atomic mass is 16.3. The Balaban J connectivity index is 1.37. The van der Waals surface area contributed by atoms with E-state index in [2.05, 4.69) is 150 Å². The number of hydrogen-bond donors (Lipinski definition) is 0. The fraction of sp³-hybridized carbons (Fsp3) is 0.0270. The predicted octanol–water partition coefficient (Wildman–Crippen LogP) is 10.8. The summed E-state index contributed by atoms with van der Waals surface area (Å²) in [5, 5.41) is 2.24. The van der Waals surface area contributed by atoms with Crippen molar-refractivity contribution in [2.45, 2.75) is 6.92 Å². The third-order valence-electron chi connectivity index (χ3n) is 7.31. The maximum atomic E-state index is 6.44. The second kappa shape index (κ2) is 10.1. The SMILES string of the molecule is Cc1ccc(N(c2ccccc2)c2ccc(N(c3ccccc3)c3cccc4c3oc3ccccc34)cc2)cc1. The van der Waals surface area contributed by atoms with E-state index < -0.39 is 0 Å². The summed E-state index contributed by atoms with van der Waals surface area (Å²) in [5.74, 6) is 0. The van der Waals surface area contributed by atoms with E-state index in [9.17, 15) is 0 Å². The quantitative estimate of drug-likeness (QED) is 0.219. The molecule has 0 saturated carbocycles. The third-order valence-corrected chi connectivity index (χ3v) is 7.31. The highest BCUT2D eigenvalue weighted by Crippen LogP contribution is 2.43. The van der Waals surface area contributed by atoms with Gasteiger partial charge in [-0.3, -0.25) is 0 Å². The minimum absolute atomic E-state index is 0.877. The molecule has 3 heteroatoms. The van der Waals surface area contributed by atoms with Crippen molar-refractivity contribution in [1.29, 1.82) is 0 Å². The molecular weight excluding hydrogens is 488 g/mol. The molecule has 0 spiro atoms. The first kappa shape index (κ1) is 23.8. The average molecular weight is 517 g/mol. The largest absolute Gasteiger partial charge is 0.454 e. The standard InChI is InChI=1S/C37H28N2O/c1-27-19-21-30(22-20-27)38(28-11-4-2-5-12-28)31-23-25-32(26-24-31)39(29-13-6-3-7-14-29)35-17-10-16-34-33-15-8-9-18-36(33)40-37(34)35/h2-26H,1H3. The molecule has 1 heterocycles. The van der Waals surface area contributed by atoms with E-state index in [0.29, 0.717) is 0 Å². The van der Waals surface area contributed by atoms with Gasteiger partial charge in [-0.15, -0.1) is 0 Å². The first-order chi connectivity index (χ1) is 19.8. The lowest BCUT2D eigenvalue weighted by Gasteiger charge is -2.28. The smallest absolute Gasteiger partial charge is 0.159 e. The van der Waals surface area contributed by atoms with Crippen LogP contribution in [-0.4, -0.2) is 0 Å². The molecule has 3 nitrogen and oxygen atoms in total. The third kappa shape index (κ3) is 4.28. The number of rotatable bonds is 6. The van der Waals surface area contributed by atoms with Crippen molar-refractivity contribution in [3.63, 3.8) is 0 Å². The molecule has 192 valence electrons. The monoisotopic (exact) mass is 516 g/mol. The number of aryl methyl sites for hydroxylation is 1. The van der Waals surface area contributed by atoms with Crippen molar-refractivity contribution in [3.8, 4) is 0 Å². The maximum Gasteiger partial charge on any atom is 0.159 e. The zero-order valence-corrected chi connectivity index (χ0v) is 22.2. The number of benzene rings is 6. The zero-order valence-electron chi connectivity index (χ0n) is 22.2. The molecule has 0 bridgehead atoms. The Morgan fingerprint density at radius 2 is 0.875 bits per heavy atom. The second-order valence-electron chi connectivity index (χ2n) is 9.95. The fourth-order valence-corrected chi connectivity index (χ4v) is 5.38. The van der Waals surface area contributed by atoms with Crippen LogP contribution in [0.15, 0.2) is 156 Å². The van der Waals surface area contributed by atoms with Gasteiger partial charge in [0.25, 0.3) is 0 Å². The molecule has 40 heavy (non-hydrogen) atoms. The summed E-state index contributed by atoms with van der Waals surface area (Å²) in [5.41, 5.74) is 9.47. The average Bonchev–Trinajstić information content (AvgIpc) is 3.40. The number of anilines is 6. The van der Waals surface area contributed by atoms with Gasteiger partial charge in [-0.2, -0.15) is 0 Å². The second-order valence-corrected chi connectivity index (χ2v) is 9.95. The summed E-state index contributed by atoms with van der Waals surface area (Å²) in [4.78, 5) is 4.56. The molecule has 0 aliphatic heterocycles. The molecule has 0 saturated heterocycles. The van der Waals surface area contributed by atoms with Crippen LogP contribution >= 0.6 is 0 Å². The normalized spacial score (nSPS) is 11.1. The van der Waals surface area contributed by atoms with Gasteiger partial charge in [0.2, 0.25) is 0 Å². The van der Waals surface area contributed by atoms with Crippen molar-refractivity contribution in [2.24, 2.45) is 0 Å². The molecular formula is C37H28N2O. The zero-order chi connectivity index (χ0) is 26.9. The van der Waals surface area contributed by atoms with Crippen molar-refractivity contribution in [3.05, 3.63) is 157 Å². The van der Waals surface area contributed by atoms with Crippen LogP contribution in [0.25, 0.3) is 21.9 Å². The predicted molar refractivity (Wildman–Crippen MR) is 168 cm³/mol. The summed E-state index contributed by atoms with van der Waals surface area (Å²) in [6.07, 6.45) is 0. The molecule has 0 N–H and O–H groups in total. The Hall–Kier alpha value is -5.28. The lowest BCUT2D eigenvalue weighted by atomic mass is 10.1. The first-order valence-corrected chi connectivity index (χ1v) is 13.5. The van der Waals surface area contributed by atoms with Crippen LogP contribution in [0, 0.1) is 6.92 Å². The van der Waals surface area contributed by atoms with Gasteiger partial charge in [0.05, 0.1) is 5.69 Å². The van der Waals surface area contributed by atoms with Crippen LogP contribution in [0.3, 0.4) is 0 Å². The molecule has 0 atom stereocenters. The summed E-state index contributed by atoms with van der Waals surface area (Å²) in [6.45, 7) is 2.12. The Labute approximate surface area is 234 Å². The van der Waals surface area contributed by atoms with Crippen LogP contribution in [0.5, 0.6) is 0 Å². The molecule has 1 aromatic heterocycles. The van der Waals surface area contributed by atoms with Crippen LogP contribution in [0.2, 0.25) is 0 Å². The Morgan fingerprint density at radius 1 is 0.400 bits per heavy atom. The Morgan fingerprint density at radius 3 is 1.52 bits per heavy atom. The highest BCUT2D eigenvalue weighted by Gasteiger charge is 2.20. The van der Waals surface area contributed by atoms with Gasteiger partial charge in [0, 0.05) is 39.2 Å². The summed E-state index contributed by atoms with van der Waals surface area (Å²) < 4.78 is 6.44. The maximum absolute atomic E-state index is 6.44. The fourth-order valence-electron chi connectivity index (χ4n) is 5.38. The molecule has 0 radical (unpaired) electrons. The molecule has 7 rings (SSSR count). The Bertz CT molecular complexity index is 1890. The number of nitrogens with zero attached hydrogens (tertiary/aromatic N) is 2. The molecule has 6 aromatic carbocycles. The van der Waals surface area contributed by atoms with E-state index in [1.807, 2.05) is 18.2 Å². The van der Waals surface area contributed by atoms with Gasteiger partial charge >= 0.3 is 0 Å². The molecule has 7 aromatic rings. The van der Waals surface area contributed by atoms with Crippen molar-refractivity contribution in [2.75, 3.05) is 9.80 Å². The van der Waals surface area contributed by atoms with E-state index in [4.69, 9.17) is 4.42 Å². The molecule has 0 amide bonds. The van der Waals surface area contributed by atoms with Crippen molar-refractivity contribution >= 4 is 56.1 Å². The minimum atomic E-state index is 0.877. The van der Waals surface area contributed by atoms with Crippen molar-refractivity contribution in [1.82, 2.24) is 0 Å². The first-order valence-electron chi connectivity index (χ1n) is 13.5. The van der Waals surface area contributed by atoms with Gasteiger partial charge in [-0.1, -0.05) is 84.4 Å². The van der Waals surface area contributed by atoms with Gasteiger partial charge < -0.3 is 14.2 Å². The Kier molecular flexibility index (Phi) is 6.02. The van der Waals surface area contributed by atoms with Crippen LogP contribution in [0.1, 0.15) is 5.56 Å².